The molecule has 6 heteroatoms. The van der Waals surface area contributed by atoms with Gasteiger partial charge in [-0.05, 0) is 36.4 Å². The van der Waals surface area contributed by atoms with Gasteiger partial charge in [-0.25, -0.2) is 4.39 Å². The van der Waals surface area contributed by atoms with Gasteiger partial charge >= 0.3 is 0 Å². The monoisotopic (exact) mass is 287 g/mol. The fourth-order valence-electron chi connectivity index (χ4n) is 1.79. The quantitative estimate of drug-likeness (QED) is 0.779. The first-order valence-corrected chi connectivity index (χ1v) is 6.19. The number of nitrogens with one attached hydrogen (secondary N) is 1. The van der Waals surface area contributed by atoms with Gasteiger partial charge in [0.15, 0.2) is 0 Å². The van der Waals surface area contributed by atoms with Gasteiger partial charge in [0.1, 0.15) is 5.82 Å². The van der Waals surface area contributed by atoms with Crippen LogP contribution >= 0.6 is 0 Å². The standard InChI is InChI=1S/C15H14FN3O2/c16-13-7-10(15(18)21)1-2-11(13)8-19-12-5-3-9(4-6-12)14(17)20/h1-7,19H,8H2,(H2,17,20)(H2,18,21). The van der Waals surface area contributed by atoms with E-state index in [2.05, 4.69) is 5.32 Å². The highest BCUT2D eigenvalue weighted by Crippen LogP contribution is 2.14. The second kappa shape index (κ2) is 6.04. The molecule has 0 atom stereocenters. The average molecular weight is 287 g/mol. The zero-order valence-electron chi connectivity index (χ0n) is 11.1. The first-order valence-electron chi connectivity index (χ1n) is 6.19. The van der Waals surface area contributed by atoms with Crippen LogP contribution in [-0.4, -0.2) is 11.8 Å². The van der Waals surface area contributed by atoms with Crippen molar-refractivity contribution in [3.05, 3.63) is 65.0 Å². The lowest BCUT2D eigenvalue weighted by atomic mass is 10.1. The van der Waals surface area contributed by atoms with Gasteiger partial charge < -0.3 is 16.8 Å². The Labute approximate surface area is 120 Å². The topological polar surface area (TPSA) is 98.2 Å². The SMILES string of the molecule is NC(=O)c1ccc(NCc2ccc(C(N)=O)cc2F)cc1. The van der Waals surface area contributed by atoms with Crippen molar-refractivity contribution in [3.8, 4) is 0 Å². The molecule has 2 aromatic carbocycles. The molecule has 0 unspecified atom stereocenters. The minimum atomic E-state index is -0.671. The molecule has 5 N–H and O–H groups in total. The van der Waals surface area contributed by atoms with Crippen LogP contribution in [0.2, 0.25) is 0 Å². The van der Waals surface area contributed by atoms with Crippen molar-refractivity contribution in [2.24, 2.45) is 11.5 Å². The van der Waals surface area contributed by atoms with E-state index < -0.39 is 17.6 Å². The number of carbonyl (C=O) groups excluding carboxylic acids is 2. The van der Waals surface area contributed by atoms with Gasteiger partial charge in [0.25, 0.3) is 0 Å². The highest BCUT2D eigenvalue weighted by Gasteiger charge is 2.07. The summed E-state index contributed by atoms with van der Waals surface area (Å²) in [6.45, 7) is 0.237. The summed E-state index contributed by atoms with van der Waals surface area (Å²) in [7, 11) is 0. The molecular weight excluding hydrogens is 273 g/mol. The van der Waals surface area contributed by atoms with E-state index in [1.165, 1.54) is 12.1 Å². The normalized spacial score (nSPS) is 10.1. The number of hydrogen-bond acceptors (Lipinski definition) is 3. The van der Waals surface area contributed by atoms with Crippen molar-refractivity contribution in [1.82, 2.24) is 0 Å². The van der Waals surface area contributed by atoms with Crippen LogP contribution in [0.15, 0.2) is 42.5 Å². The zero-order chi connectivity index (χ0) is 15.4. The maximum absolute atomic E-state index is 13.8. The van der Waals surface area contributed by atoms with Crippen LogP contribution in [0, 0.1) is 5.82 Å². The summed E-state index contributed by atoms with van der Waals surface area (Å²) in [5.74, 6) is -1.68. The van der Waals surface area contributed by atoms with E-state index in [4.69, 9.17) is 11.5 Å². The summed E-state index contributed by atoms with van der Waals surface area (Å²) >= 11 is 0. The van der Waals surface area contributed by atoms with Gasteiger partial charge in [-0.2, -0.15) is 0 Å². The Morgan fingerprint density at radius 3 is 2.05 bits per heavy atom. The van der Waals surface area contributed by atoms with Crippen LogP contribution in [0.25, 0.3) is 0 Å². The Morgan fingerprint density at radius 1 is 0.952 bits per heavy atom. The molecule has 108 valence electrons. The van der Waals surface area contributed by atoms with Gasteiger partial charge in [-0.15, -0.1) is 0 Å². The first kappa shape index (κ1) is 14.5. The number of hydrogen-bond donors (Lipinski definition) is 3. The first-order chi connectivity index (χ1) is 9.97. The molecule has 0 saturated carbocycles. The van der Waals surface area contributed by atoms with Crippen molar-refractivity contribution in [1.29, 1.82) is 0 Å². The van der Waals surface area contributed by atoms with Crippen LogP contribution in [0.3, 0.4) is 0 Å². The molecule has 0 bridgehead atoms. The summed E-state index contributed by atoms with van der Waals surface area (Å²) in [4.78, 5) is 21.9. The number of amides is 2. The van der Waals surface area contributed by atoms with Crippen molar-refractivity contribution in [2.75, 3.05) is 5.32 Å². The van der Waals surface area contributed by atoms with E-state index in [-0.39, 0.29) is 12.1 Å². The van der Waals surface area contributed by atoms with E-state index in [0.29, 0.717) is 11.1 Å². The van der Waals surface area contributed by atoms with Gasteiger partial charge in [0.05, 0.1) is 0 Å². The fourth-order valence-corrected chi connectivity index (χ4v) is 1.79. The molecule has 0 radical (unpaired) electrons. The van der Waals surface area contributed by atoms with Crippen LogP contribution in [0.4, 0.5) is 10.1 Å². The summed E-state index contributed by atoms with van der Waals surface area (Å²) in [5.41, 5.74) is 11.9. The largest absolute Gasteiger partial charge is 0.381 e. The summed E-state index contributed by atoms with van der Waals surface area (Å²) in [5, 5.41) is 3.01. The van der Waals surface area contributed by atoms with Gasteiger partial charge in [-0.3, -0.25) is 9.59 Å². The zero-order valence-corrected chi connectivity index (χ0v) is 11.1. The van der Waals surface area contributed by atoms with E-state index >= 15 is 0 Å². The lowest BCUT2D eigenvalue weighted by Crippen LogP contribution is -2.12. The highest BCUT2D eigenvalue weighted by atomic mass is 19.1. The smallest absolute Gasteiger partial charge is 0.248 e. The molecule has 21 heavy (non-hydrogen) atoms. The van der Waals surface area contributed by atoms with Crippen molar-refractivity contribution in [3.63, 3.8) is 0 Å². The van der Waals surface area contributed by atoms with E-state index in [0.717, 1.165) is 11.8 Å². The molecular formula is C15H14FN3O2. The van der Waals surface area contributed by atoms with E-state index in [1.807, 2.05) is 0 Å². The Bertz CT molecular complexity index is 684. The minimum Gasteiger partial charge on any atom is -0.381 e. The Kier molecular flexibility index (Phi) is 4.18. The molecule has 2 amide bonds. The van der Waals surface area contributed by atoms with E-state index in [9.17, 15) is 14.0 Å². The van der Waals surface area contributed by atoms with E-state index in [1.54, 1.807) is 24.3 Å². The van der Waals surface area contributed by atoms with Crippen molar-refractivity contribution >= 4 is 17.5 Å². The van der Waals surface area contributed by atoms with Crippen LogP contribution in [-0.2, 0) is 6.54 Å². The summed E-state index contributed by atoms with van der Waals surface area (Å²) in [6, 6.07) is 10.6. The maximum atomic E-state index is 13.8. The van der Waals surface area contributed by atoms with Gasteiger partial charge in [0, 0.05) is 28.9 Å². The molecule has 0 fully saturated rings. The number of rotatable bonds is 5. The number of benzene rings is 2. The van der Waals surface area contributed by atoms with Gasteiger partial charge in [-0.1, -0.05) is 6.07 Å². The Balaban J connectivity index is 2.06. The van der Waals surface area contributed by atoms with Crippen molar-refractivity contribution < 1.29 is 14.0 Å². The Morgan fingerprint density at radius 2 is 1.52 bits per heavy atom. The second-order valence-corrected chi connectivity index (χ2v) is 4.47. The van der Waals surface area contributed by atoms with Crippen LogP contribution in [0.5, 0.6) is 0 Å². The van der Waals surface area contributed by atoms with Crippen LogP contribution < -0.4 is 16.8 Å². The molecule has 2 rings (SSSR count). The molecule has 0 heterocycles. The maximum Gasteiger partial charge on any atom is 0.248 e. The third kappa shape index (κ3) is 3.56. The number of primary amides is 2. The predicted molar refractivity (Wildman–Crippen MR) is 77.2 cm³/mol. The average Bonchev–Trinajstić information content (AvgIpc) is 2.46. The molecule has 0 aromatic heterocycles. The van der Waals surface area contributed by atoms with Crippen LogP contribution in [0.1, 0.15) is 26.3 Å². The molecule has 2 aromatic rings. The Hall–Kier alpha value is -2.89. The lowest BCUT2D eigenvalue weighted by molar-refractivity contribution is 0.0991. The number of anilines is 1. The molecule has 0 aliphatic carbocycles. The predicted octanol–water partition coefficient (Wildman–Crippen LogP) is 1.64. The van der Waals surface area contributed by atoms with Crippen molar-refractivity contribution in [2.45, 2.75) is 6.54 Å². The third-order valence-corrected chi connectivity index (χ3v) is 2.99. The second-order valence-electron chi connectivity index (χ2n) is 4.47. The minimum absolute atomic E-state index is 0.127. The molecule has 0 saturated heterocycles. The summed E-state index contributed by atoms with van der Waals surface area (Å²) in [6.07, 6.45) is 0. The molecule has 0 aliphatic rings. The highest BCUT2D eigenvalue weighted by molar-refractivity contribution is 5.93. The fraction of sp³-hybridized carbons (Fsp3) is 0.0667. The molecule has 5 nitrogen and oxygen atoms in total. The number of carbonyl (C=O) groups is 2. The molecule has 0 aliphatic heterocycles. The lowest BCUT2D eigenvalue weighted by Gasteiger charge is -2.08. The molecule has 0 spiro atoms. The van der Waals surface area contributed by atoms with Gasteiger partial charge in [0.2, 0.25) is 11.8 Å². The number of halogens is 1. The number of nitrogens with two attached hydrogens (primary N) is 2. The summed E-state index contributed by atoms with van der Waals surface area (Å²) < 4.78 is 13.8. The third-order valence-electron chi connectivity index (χ3n) is 2.99.